The normalized spacial score (nSPS) is 21.7. The molecule has 0 saturated heterocycles. The van der Waals surface area contributed by atoms with E-state index in [0.29, 0.717) is 30.9 Å². The van der Waals surface area contributed by atoms with Crippen LogP contribution in [0.25, 0.3) is 0 Å². The third-order valence-corrected chi connectivity index (χ3v) is 11.2. The summed E-state index contributed by atoms with van der Waals surface area (Å²) >= 11 is 3.15. The number of rotatable bonds is 16. The predicted octanol–water partition coefficient (Wildman–Crippen LogP) is 5.27. The van der Waals surface area contributed by atoms with Gasteiger partial charge in [-0.3, -0.25) is 9.00 Å². The zero-order valence-corrected chi connectivity index (χ0v) is 31.0. The highest BCUT2D eigenvalue weighted by Gasteiger charge is 2.31. The van der Waals surface area contributed by atoms with Gasteiger partial charge in [-0.25, -0.2) is 13.1 Å². The third kappa shape index (κ3) is 12.8. The van der Waals surface area contributed by atoms with Gasteiger partial charge in [-0.05, 0) is 68.0 Å². The molecule has 4 rings (SSSR count). The number of nitrogens with zero attached hydrogens (tertiary/aromatic N) is 1. The number of amides is 1. The Balaban J connectivity index is 0.000000710. The van der Waals surface area contributed by atoms with Crippen molar-refractivity contribution >= 4 is 44.5 Å². The highest BCUT2D eigenvalue weighted by molar-refractivity contribution is 7.89. The van der Waals surface area contributed by atoms with Crippen LogP contribution < -0.4 is 15.8 Å². The topological polar surface area (TPSA) is 165 Å². The van der Waals surface area contributed by atoms with Crippen molar-refractivity contribution in [3.05, 3.63) is 95.1 Å². The zero-order chi connectivity index (χ0) is 36.1. The smallest absolute Gasteiger partial charge is 0.243 e. The molecule has 270 valence electrons. The van der Waals surface area contributed by atoms with E-state index < -0.39 is 39.3 Å². The maximum Gasteiger partial charge on any atom is 0.243 e. The van der Waals surface area contributed by atoms with Crippen LogP contribution in [-0.4, -0.2) is 64.3 Å². The van der Waals surface area contributed by atoms with Crippen molar-refractivity contribution in [3.63, 3.8) is 0 Å². The Bertz CT molecular complexity index is 1580. The number of carbonyl (C=O) groups excluding carboxylic acids is 1. The summed E-state index contributed by atoms with van der Waals surface area (Å²) in [6.45, 7) is 8.16. The number of hydrogen-bond acceptors (Lipinski definition) is 7. The summed E-state index contributed by atoms with van der Waals surface area (Å²) in [5.74, 6) is 0.499. The molecule has 0 aliphatic heterocycles. The molecule has 3 aliphatic carbocycles. The molecule has 0 heterocycles. The minimum absolute atomic E-state index is 0.0357. The van der Waals surface area contributed by atoms with E-state index in [2.05, 4.69) is 54.3 Å². The lowest BCUT2D eigenvalue weighted by molar-refractivity contribution is -0.122. The number of nitrogen functional groups attached to an aromatic ring is 1. The number of hydrogen-bond donors (Lipinski definition) is 4. The molecule has 1 amide bonds. The third-order valence-electron chi connectivity index (χ3n) is 8.38. The van der Waals surface area contributed by atoms with E-state index in [1.54, 1.807) is 0 Å². The Kier molecular flexibility index (Phi) is 16.2. The van der Waals surface area contributed by atoms with Crippen molar-refractivity contribution < 1.29 is 27.1 Å². The van der Waals surface area contributed by atoms with E-state index in [1.807, 2.05) is 38.2 Å². The first-order chi connectivity index (χ1) is 23.2. The molecule has 0 saturated carbocycles. The van der Waals surface area contributed by atoms with Crippen molar-refractivity contribution in [2.45, 2.75) is 70.4 Å². The molecule has 3 aliphatic rings. The zero-order valence-electron chi connectivity index (χ0n) is 28.6. The van der Waals surface area contributed by atoms with E-state index in [1.165, 1.54) is 34.1 Å². The molecule has 10 nitrogen and oxygen atoms in total. The number of fused-ring (bicyclic) bond motifs is 1. The van der Waals surface area contributed by atoms with Crippen LogP contribution >= 0.6 is 11.6 Å². The van der Waals surface area contributed by atoms with Gasteiger partial charge in [0.15, 0.2) is 0 Å². The van der Waals surface area contributed by atoms with Gasteiger partial charge >= 0.3 is 0 Å². The van der Waals surface area contributed by atoms with Gasteiger partial charge in [0.25, 0.3) is 0 Å². The fourth-order valence-electron chi connectivity index (χ4n) is 5.83. The summed E-state index contributed by atoms with van der Waals surface area (Å²) in [4.78, 5) is 13.0. The summed E-state index contributed by atoms with van der Waals surface area (Å²) in [6.07, 6.45) is 20.0. The van der Waals surface area contributed by atoms with Crippen LogP contribution in [0.3, 0.4) is 0 Å². The number of anilines is 1. The molecule has 0 aromatic heterocycles. The van der Waals surface area contributed by atoms with Crippen molar-refractivity contribution in [2.75, 3.05) is 25.4 Å². The molecule has 0 fully saturated rings. The van der Waals surface area contributed by atoms with Crippen LogP contribution in [-0.2, 0) is 26.1 Å². The lowest BCUT2D eigenvalue weighted by Gasteiger charge is -2.31. The number of benzene rings is 1. The van der Waals surface area contributed by atoms with Gasteiger partial charge in [0, 0.05) is 58.9 Å². The predicted molar refractivity (Wildman–Crippen MR) is 197 cm³/mol. The second kappa shape index (κ2) is 19.5. The number of aliphatic hydroxyl groups excluding tert-OH is 1. The molecule has 1 aromatic carbocycles. The number of nitrogens with one attached hydrogen (secondary N) is 2. The minimum Gasteiger partial charge on any atom is -0.760 e. The molecule has 1 aromatic rings. The maximum atomic E-state index is 13.4. The molecule has 0 spiro atoms. The fourth-order valence-corrected chi connectivity index (χ4v) is 8.30. The van der Waals surface area contributed by atoms with Crippen molar-refractivity contribution in [1.29, 1.82) is 0 Å². The van der Waals surface area contributed by atoms with Gasteiger partial charge in [0.1, 0.15) is 6.04 Å². The van der Waals surface area contributed by atoms with Gasteiger partial charge in [-0.2, -0.15) is 4.31 Å². The number of allylic oxidation sites excluding steroid dienone is 11. The summed E-state index contributed by atoms with van der Waals surface area (Å²) in [7, 11) is -3.86. The Hall–Kier alpha value is -2.84. The van der Waals surface area contributed by atoms with E-state index >= 15 is 0 Å². The van der Waals surface area contributed by atoms with Gasteiger partial charge in [-0.15, -0.1) is 0 Å². The Morgan fingerprint density at radius 3 is 2.33 bits per heavy atom. The lowest BCUT2D eigenvalue weighted by atomic mass is 9.82. The summed E-state index contributed by atoms with van der Waals surface area (Å²) in [5.41, 5.74) is 8.33. The standard InChI is InChI=1S/C29H42N4O6S2.C7H9Cl/c1-21(2)19-33(41(38,39)27-14-12-25(30)13-15-27)26(20-34)9-5-6-16-31-29(35)28(32-40(36)37)18-22-10-11-23-7-3-4-8-24(23)17-22;1-5-3-6(2)7(8)4-5/h3-4,7-8,10-15,17,21,23-24,26,28,32,34H,5-6,9,16,18-20,30H2,1-2H3,(H,31,35)(H,36,37);3-4,6H,1-2H3/p-1/t23?,24?,26-,28-;/m0./s1. The summed E-state index contributed by atoms with van der Waals surface area (Å²) in [6, 6.07) is 4.39. The van der Waals surface area contributed by atoms with Crippen LogP contribution in [0.4, 0.5) is 5.69 Å². The molecule has 49 heavy (non-hydrogen) atoms. The molecule has 6 atom stereocenters. The lowest BCUT2D eigenvalue weighted by Crippen LogP contribution is -2.45. The molecule has 13 heteroatoms. The summed E-state index contributed by atoms with van der Waals surface area (Å²) in [5, 5.41) is 13.9. The largest absolute Gasteiger partial charge is 0.760 e. The average molecular weight is 734 g/mol. The highest BCUT2D eigenvalue weighted by atomic mass is 35.5. The molecular weight excluding hydrogens is 684 g/mol. The molecular formula is C36H50ClN4O6S2-. The van der Waals surface area contributed by atoms with E-state index in [4.69, 9.17) is 17.3 Å². The van der Waals surface area contributed by atoms with Crippen molar-refractivity contribution in [2.24, 2.45) is 23.7 Å². The maximum absolute atomic E-state index is 13.4. The molecule has 0 bridgehead atoms. The molecule has 5 N–H and O–H groups in total. The van der Waals surface area contributed by atoms with Gasteiger partial charge in [0.2, 0.25) is 15.9 Å². The number of aliphatic hydroxyl groups is 1. The van der Waals surface area contributed by atoms with Gasteiger partial charge in [-0.1, -0.05) is 93.0 Å². The number of halogens is 1. The van der Waals surface area contributed by atoms with Crippen LogP contribution in [0.2, 0.25) is 0 Å². The number of nitrogens with two attached hydrogens (primary N) is 1. The average Bonchev–Trinajstić information content (AvgIpc) is 3.35. The number of carbonyl (C=O) groups is 1. The van der Waals surface area contributed by atoms with Crippen LogP contribution in [0.1, 0.15) is 53.4 Å². The SMILES string of the molecule is CC(C)CN([C@H](CO)CCCCNC(=O)[C@H](CC1=CC2C=CC=CC2C=C1)NS(=O)[O-])S(=O)(=O)c1ccc(N)cc1.CC1=CC(C)C(Cl)=C1. The first kappa shape index (κ1) is 40.6. The van der Waals surface area contributed by atoms with Crippen LogP contribution in [0.15, 0.2) is 100 Å². The Morgan fingerprint density at radius 2 is 1.78 bits per heavy atom. The van der Waals surface area contributed by atoms with E-state index in [0.717, 1.165) is 10.6 Å². The monoisotopic (exact) mass is 733 g/mol. The fraction of sp³-hybridized carbons (Fsp3) is 0.472. The summed E-state index contributed by atoms with van der Waals surface area (Å²) < 4.78 is 53.2. The first-order valence-electron chi connectivity index (χ1n) is 16.6. The van der Waals surface area contributed by atoms with Crippen molar-refractivity contribution in [3.8, 4) is 0 Å². The quantitative estimate of drug-likeness (QED) is 0.102. The number of unbranched alkanes of at least 4 members (excludes halogenated alkanes) is 1. The van der Waals surface area contributed by atoms with Crippen LogP contribution in [0.5, 0.6) is 0 Å². The van der Waals surface area contributed by atoms with Crippen LogP contribution in [0, 0.1) is 23.7 Å². The Morgan fingerprint density at radius 1 is 1.10 bits per heavy atom. The second-order valence-corrected chi connectivity index (χ2v) is 16.1. The number of sulfonamides is 1. The van der Waals surface area contributed by atoms with Gasteiger partial charge < -0.3 is 20.7 Å². The van der Waals surface area contributed by atoms with Gasteiger partial charge in [0.05, 0.1) is 11.5 Å². The highest BCUT2D eigenvalue weighted by Crippen LogP contribution is 2.30. The van der Waals surface area contributed by atoms with E-state index in [-0.39, 0.29) is 48.8 Å². The Labute approximate surface area is 299 Å². The molecule has 4 unspecified atom stereocenters. The van der Waals surface area contributed by atoms with Crippen molar-refractivity contribution in [1.82, 2.24) is 14.3 Å². The first-order valence-corrected chi connectivity index (χ1v) is 19.5. The second-order valence-electron chi connectivity index (χ2n) is 13.0. The minimum atomic E-state index is -3.86. The molecule has 0 radical (unpaired) electrons. The van der Waals surface area contributed by atoms with E-state index in [9.17, 15) is 27.1 Å².